The third-order valence-electron chi connectivity index (χ3n) is 5.34. The molecule has 3 rings (SSSR count). The van der Waals surface area contributed by atoms with Crippen LogP contribution in [0.15, 0.2) is 24.3 Å². The largest absolute Gasteiger partial charge is 0.369 e. The molecular weight excluding hydrogens is 334 g/mol. The predicted octanol–water partition coefficient (Wildman–Crippen LogP) is 5.60. The van der Waals surface area contributed by atoms with Crippen LogP contribution in [0.2, 0.25) is 0 Å². The van der Waals surface area contributed by atoms with E-state index in [1.165, 1.54) is 18.2 Å². The van der Waals surface area contributed by atoms with E-state index in [2.05, 4.69) is 31.0 Å². The summed E-state index contributed by atoms with van der Waals surface area (Å²) in [4.78, 5) is 0. The van der Waals surface area contributed by atoms with Gasteiger partial charge < -0.3 is 4.74 Å². The summed E-state index contributed by atoms with van der Waals surface area (Å²) >= 11 is 0. The topological polar surface area (TPSA) is 35.0 Å². The van der Waals surface area contributed by atoms with Gasteiger partial charge in [-0.05, 0) is 61.8 Å². The monoisotopic (exact) mass is 360 g/mol. The van der Waals surface area contributed by atoms with Gasteiger partial charge in [-0.2, -0.15) is 5.10 Å². The van der Waals surface area contributed by atoms with E-state index in [4.69, 9.17) is 4.74 Å². The molecule has 0 fully saturated rings. The highest BCUT2D eigenvalue weighted by Crippen LogP contribution is 2.49. The van der Waals surface area contributed by atoms with Crippen molar-refractivity contribution in [1.82, 2.24) is 10.2 Å². The van der Waals surface area contributed by atoms with E-state index < -0.39 is 17.2 Å². The van der Waals surface area contributed by atoms with Gasteiger partial charge >= 0.3 is 0 Å². The highest BCUT2D eigenvalue weighted by atomic mass is 19.1. The molecule has 3 nitrogen and oxygen atoms in total. The van der Waals surface area contributed by atoms with Crippen molar-refractivity contribution in [2.75, 3.05) is 6.61 Å². The number of aromatic nitrogens is 2. The standard InChI is InChI=1S/C21H26F2N2O/c1-6-26-21(5)11-10-14(20(2,3)4)13-12-17(24-25-19(13)21)18-15(22)8-7-9-16(18)23/h7-9,12,14H,6,10-11H2,1-5H3/t14-,21-/m0/s1. The van der Waals surface area contributed by atoms with Crippen molar-refractivity contribution >= 4 is 0 Å². The van der Waals surface area contributed by atoms with Crippen LogP contribution in [0.3, 0.4) is 0 Å². The molecule has 0 N–H and O–H groups in total. The molecule has 0 aliphatic heterocycles. The molecule has 0 spiro atoms. The van der Waals surface area contributed by atoms with Crippen LogP contribution in [0.5, 0.6) is 0 Å². The van der Waals surface area contributed by atoms with Crippen LogP contribution in [-0.4, -0.2) is 16.8 Å². The zero-order valence-electron chi connectivity index (χ0n) is 16.1. The van der Waals surface area contributed by atoms with E-state index in [9.17, 15) is 8.78 Å². The van der Waals surface area contributed by atoms with Gasteiger partial charge in [0.2, 0.25) is 0 Å². The van der Waals surface area contributed by atoms with Crippen LogP contribution in [0.1, 0.15) is 64.6 Å². The van der Waals surface area contributed by atoms with Gasteiger partial charge in [0, 0.05) is 6.61 Å². The van der Waals surface area contributed by atoms with Crippen LogP contribution in [0, 0.1) is 17.0 Å². The molecule has 140 valence electrons. The Morgan fingerprint density at radius 1 is 1.19 bits per heavy atom. The van der Waals surface area contributed by atoms with Crippen molar-refractivity contribution in [3.63, 3.8) is 0 Å². The van der Waals surface area contributed by atoms with Crippen LogP contribution < -0.4 is 0 Å². The molecule has 1 heterocycles. The van der Waals surface area contributed by atoms with Crippen molar-refractivity contribution < 1.29 is 13.5 Å². The minimum atomic E-state index is -0.630. The summed E-state index contributed by atoms with van der Waals surface area (Å²) in [5, 5.41) is 8.57. The van der Waals surface area contributed by atoms with E-state index in [1.807, 2.05) is 13.8 Å². The molecule has 2 aromatic rings. The Balaban J connectivity index is 2.20. The fraction of sp³-hybridized carbons (Fsp3) is 0.524. The lowest BCUT2D eigenvalue weighted by molar-refractivity contribution is -0.0518. The minimum Gasteiger partial charge on any atom is -0.369 e. The smallest absolute Gasteiger partial charge is 0.135 e. The van der Waals surface area contributed by atoms with Gasteiger partial charge in [-0.1, -0.05) is 26.8 Å². The second-order valence-corrected chi connectivity index (χ2v) is 8.25. The van der Waals surface area contributed by atoms with Crippen LogP contribution in [0.25, 0.3) is 11.3 Å². The maximum atomic E-state index is 14.2. The number of ether oxygens (including phenoxy) is 1. The number of hydrogen-bond acceptors (Lipinski definition) is 3. The molecule has 0 saturated carbocycles. The van der Waals surface area contributed by atoms with E-state index in [1.54, 1.807) is 6.07 Å². The Labute approximate surface area is 153 Å². The summed E-state index contributed by atoms with van der Waals surface area (Å²) in [5.74, 6) is -1.04. The molecule has 1 aromatic heterocycles. The lowest BCUT2D eigenvalue weighted by atomic mass is 9.67. The van der Waals surface area contributed by atoms with Crippen LogP contribution in [-0.2, 0) is 10.3 Å². The van der Waals surface area contributed by atoms with Crippen molar-refractivity contribution in [2.24, 2.45) is 5.41 Å². The highest BCUT2D eigenvalue weighted by Gasteiger charge is 2.42. The number of halogens is 2. The Kier molecular flexibility index (Phi) is 4.86. The molecule has 1 aliphatic carbocycles. The van der Waals surface area contributed by atoms with Gasteiger partial charge in [0.1, 0.15) is 17.2 Å². The van der Waals surface area contributed by atoms with Gasteiger partial charge in [-0.3, -0.25) is 0 Å². The first kappa shape index (κ1) is 18.9. The first-order valence-corrected chi connectivity index (χ1v) is 9.14. The average molecular weight is 360 g/mol. The second-order valence-electron chi connectivity index (χ2n) is 8.25. The second kappa shape index (κ2) is 6.69. The summed E-state index contributed by atoms with van der Waals surface area (Å²) in [6, 6.07) is 5.64. The maximum absolute atomic E-state index is 14.2. The van der Waals surface area contributed by atoms with Crippen molar-refractivity contribution in [3.05, 3.63) is 47.2 Å². The van der Waals surface area contributed by atoms with Crippen molar-refractivity contribution in [1.29, 1.82) is 0 Å². The minimum absolute atomic E-state index is 0.00360. The Morgan fingerprint density at radius 3 is 2.42 bits per heavy atom. The number of rotatable bonds is 3. The van der Waals surface area contributed by atoms with Gasteiger partial charge in [0.25, 0.3) is 0 Å². The van der Waals surface area contributed by atoms with E-state index in [0.29, 0.717) is 6.61 Å². The van der Waals surface area contributed by atoms with E-state index >= 15 is 0 Å². The molecule has 0 bridgehead atoms. The Bertz CT molecular complexity index is 796. The fourth-order valence-electron chi connectivity index (χ4n) is 4.00. The molecule has 2 atom stereocenters. The van der Waals surface area contributed by atoms with Gasteiger partial charge in [0.05, 0.1) is 17.0 Å². The molecule has 1 aromatic carbocycles. The molecule has 1 aliphatic rings. The summed E-state index contributed by atoms with van der Waals surface area (Å²) in [6.07, 6.45) is 1.77. The van der Waals surface area contributed by atoms with Gasteiger partial charge in [-0.25, -0.2) is 8.78 Å². The molecular formula is C21H26F2N2O. The average Bonchev–Trinajstić information content (AvgIpc) is 2.54. The molecule has 0 unspecified atom stereocenters. The summed E-state index contributed by atoms with van der Waals surface area (Å²) in [6.45, 7) is 11.1. The molecule has 26 heavy (non-hydrogen) atoms. The Morgan fingerprint density at radius 2 is 1.85 bits per heavy atom. The highest BCUT2D eigenvalue weighted by molar-refractivity contribution is 5.62. The summed E-state index contributed by atoms with van der Waals surface area (Å²) < 4.78 is 34.5. The third kappa shape index (κ3) is 3.25. The van der Waals surface area contributed by atoms with Crippen LogP contribution in [0.4, 0.5) is 8.78 Å². The normalized spacial score (nSPS) is 23.0. The predicted molar refractivity (Wildman–Crippen MR) is 97.8 cm³/mol. The molecule has 0 radical (unpaired) electrons. The van der Waals surface area contributed by atoms with Crippen molar-refractivity contribution in [3.8, 4) is 11.3 Å². The van der Waals surface area contributed by atoms with E-state index in [0.717, 1.165) is 24.1 Å². The summed E-state index contributed by atoms with van der Waals surface area (Å²) in [5.41, 5.74) is 1.34. The lowest BCUT2D eigenvalue weighted by Gasteiger charge is -2.42. The molecule has 5 heteroatoms. The Hall–Kier alpha value is -1.88. The fourth-order valence-corrected chi connectivity index (χ4v) is 4.00. The first-order chi connectivity index (χ1) is 12.2. The summed E-state index contributed by atoms with van der Waals surface area (Å²) in [7, 11) is 0. The van der Waals surface area contributed by atoms with Crippen LogP contribution >= 0.6 is 0 Å². The number of fused-ring (bicyclic) bond motifs is 1. The quantitative estimate of drug-likeness (QED) is 0.715. The molecule has 0 amide bonds. The SMILES string of the molecule is CCO[C@@]1(C)CC[C@H](C(C)(C)C)c2cc(-c3c(F)cccc3F)nnc21. The van der Waals surface area contributed by atoms with Gasteiger partial charge in [0.15, 0.2) is 0 Å². The zero-order chi connectivity index (χ0) is 19.1. The lowest BCUT2D eigenvalue weighted by Crippen LogP contribution is -2.37. The maximum Gasteiger partial charge on any atom is 0.135 e. The number of nitrogens with zero attached hydrogens (tertiary/aromatic N) is 2. The third-order valence-corrected chi connectivity index (χ3v) is 5.34. The number of benzene rings is 1. The molecule has 0 saturated heterocycles. The zero-order valence-corrected chi connectivity index (χ0v) is 16.1. The first-order valence-electron chi connectivity index (χ1n) is 9.14. The van der Waals surface area contributed by atoms with Gasteiger partial charge in [-0.15, -0.1) is 5.10 Å². The van der Waals surface area contributed by atoms with Crippen molar-refractivity contribution in [2.45, 2.75) is 59.0 Å². The van der Waals surface area contributed by atoms with E-state index in [-0.39, 0.29) is 22.6 Å². The number of hydrogen-bond donors (Lipinski definition) is 0.